The molecule has 1 N–H and O–H groups in total. The van der Waals surface area contributed by atoms with Gasteiger partial charge in [0.15, 0.2) is 5.96 Å². The lowest BCUT2D eigenvalue weighted by Crippen LogP contribution is -2.52. The zero-order valence-corrected chi connectivity index (χ0v) is 22.0. The summed E-state index contributed by atoms with van der Waals surface area (Å²) in [7, 11) is 3.49. The number of unbranched alkanes of at least 4 members (excludes halogenated alkanes) is 1. The van der Waals surface area contributed by atoms with Gasteiger partial charge in [0, 0.05) is 58.1 Å². The van der Waals surface area contributed by atoms with Crippen molar-refractivity contribution in [3.63, 3.8) is 0 Å². The molecule has 4 rings (SSSR count). The quantitative estimate of drug-likeness (QED) is 0.179. The molecule has 2 aromatic rings. The van der Waals surface area contributed by atoms with Crippen LogP contribution in [0.2, 0.25) is 0 Å². The highest BCUT2D eigenvalue weighted by Crippen LogP contribution is 2.23. The molecule has 2 amide bonds. The summed E-state index contributed by atoms with van der Waals surface area (Å²) in [5, 5.41) is 3.43. The summed E-state index contributed by atoms with van der Waals surface area (Å²) < 4.78 is 5.34. The molecular weight excluding hydrogens is 545 g/mol. The van der Waals surface area contributed by atoms with Crippen LogP contribution in [0.1, 0.15) is 33.6 Å². The number of hydrogen-bond acceptors (Lipinski definition) is 5. The fraction of sp³-hybridized carbons (Fsp3) is 0.400. The van der Waals surface area contributed by atoms with Crippen LogP contribution in [-0.4, -0.2) is 81.0 Å². The van der Waals surface area contributed by atoms with Gasteiger partial charge < -0.3 is 19.9 Å². The molecule has 9 heteroatoms. The number of hydrogen-bond donors (Lipinski definition) is 1. The first kappa shape index (κ1) is 25.8. The number of carbonyl (C=O) groups excluding carboxylic acids is 2. The van der Waals surface area contributed by atoms with Gasteiger partial charge in [-0.1, -0.05) is 18.2 Å². The van der Waals surface area contributed by atoms with Gasteiger partial charge in [-0.25, -0.2) is 0 Å². The zero-order valence-electron chi connectivity index (χ0n) is 19.7. The molecule has 1 saturated heterocycles. The number of amides is 2. The highest BCUT2D eigenvalue weighted by atomic mass is 127. The number of methoxy groups -OCH3 is 1. The minimum Gasteiger partial charge on any atom is -0.497 e. The molecule has 2 aliphatic rings. The van der Waals surface area contributed by atoms with Gasteiger partial charge in [-0.15, -0.1) is 24.0 Å². The fourth-order valence-electron chi connectivity index (χ4n) is 4.35. The van der Waals surface area contributed by atoms with E-state index in [4.69, 9.17) is 4.74 Å². The van der Waals surface area contributed by atoms with Crippen molar-refractivity contribution in [1.29, 1.82) is 0 Å². The predicted octanol–water partition coefficient (Wildman–Crippen LogP) is 3.09. The standard InChI is InChI=1S/C25H31N5O3.HI/c1-26-25(29-16-14-28(15-17-29)19-8-7-9-20(18-19)33-2)27-12-5-6-13-30-23(31)21-10-3-4-11-22(21)24(30)32;/h3-4,7-11,18H,5-6,12-17H2,1-2H3,(H,26,27);1H. The second-order valence-electron chi connectivity index (χ2n) is 8.16. The van der Waals surface area contributed by atoms with Crippen LogP contribution in [0.25, 0.3) is 0 Å². The monoisotopic (exact) mass is 577 g/mol. The van der Waals surface area contributed by atoms with E-state index in [1.165, 1.54) is 10.6 Å². The van der Waals surface area contributed by atoms with Crippen LogP contribution in [0.4, 0.5) is 5.69 Å². The Morgan fingerprint density at radius 2 is 1.65 bits per heavy atom. The molecule has 2 aliphatic heterocycles. The Balaban J connectivity index is 0.00000324. The van der Waals surface area contributed by atoms with E-state index in [0.29, 0.717) is 17.7 Å². The van der Waals surface area contributed by atoms with E-state index in [9.17, 15) is 9.59 Å². The number of rotatable bonds is 7. The second-order valence-corrected chi connectivity index (χ2v) is 8.16. The summed E-state index contributed by atoms with van der Waals surface area (Å²) in [5.74, 6) is 1.39. The summed E-state index contributed by atoms with van der Waals surface area (Å²) in [6.07, 6.45) is 1.59. The Labute approximate surface area is 218 Å². The molecule has 0 aliphatic carbocycles. The average Bonchev–Trinajstić information content (AvgIpc) is 3.11. The van der Waals surface area contributed by atoms with E-state index in [-0.39, 0.29) is 35.8 Å². The number of carbonyl (C=O) groups is 2. The number of nitrogens with zero attached hydrogens (tertiary/aromatic N) is 4. The molecule has 34 heavy (non-hydrogen) atoms. The number of halogens is 1. The van der Waals surface area contributed by atoms with Crippen LogP contribution in [0.3, 0.4) is 0 Å². The van der Waals surface area contributed by atoms with Crippen molar-refractivity contribution in [2.24, 2.45) is 4.99 Å². The smallest absolute Gasteiger partial charge is 0.261 e. The lowest BCUT2D eigenvalue weighted by Gasteiger charge is -2.37. The third-order valence-corrected chi connectivity index (χ3v) is 6.18. The topological polar surface area (TPSA) is 77.5 Å². The van der Waals surface area contributed by atoms with Crippen molar-refractivity contribution in [3.05, 3.63) is 59.7 Å². The molecular formula is C25H32IN5O3. The highest BCUT2D eigenvalue weighted by molar-refractivity contribution is 14.0. The summed E-state index contributed by atoms with van der Waals surface area (Å²) in [6, 6.07) is 15.2. The largest absolute Gasteiger partial charge is 0.497 e. The van der Waals surface area contributed by atoms with Gasteiger partial charge in [0.05, 0.1) is 18.2 Å². The van der Waals surface area contributed by atoms with Crippen molar-refractivity contribution >= 4 is 47.4 Å². The van der Waals surface area contributed by atoms with Gasteiger partial charge in [-0.3, -0.25) is 19.5 Å². The predicted molar refractivity (Wildman–Crippen MR) is 145 cm³/mol. The number of imide groups is 1. The third-order valence-electron chi connectivity index (χ3n) is 6.18. The van der Waals surface area contributed by atoms with Gasteiger partial charge >= 0.3 is 0 Å². The first-order valence-electron chi connectivity index (χ1n) is 11.4. The summed E-state index contributed by atoms with van der Waals surface area (Å²) in [5.41, 5.74) is 2.19. The van der Waals surface area contributed by atoms with E-state index in [0.717, 1.165) is 57.3 Å². The molecule has 0 atom stereocenters. The summed E-state index contributed by atoms with van der Waals surface area (Å²) >= 11 is 0. The number of guanidine groups is 1. The molecule has 0 aromatic heterocycles. The Morgan fingerprint density at radius 3 is 2.26 bits per heavy atom. The molecule has 0 radical (unpaired) electrons. The van der Waals surface area contributed by atoms with E-state index < -0.39 is 0 Å². The summed E-state index contributed by atoms with van der Waals surface area (Å²) in [6.45, 7) is 4.76. The molecule has 2 aromatic carbocycles. The first-order chi connectivity index (χ1) is 16.1. The van der Waals surface area contributed by atoms with Gasteiger partial charge in [0.1, 0.15) is 5.75 Å². The molecule has 2 heterocycles. The van der Waals surface area contributed by atoms with E-state index in [1.54, 1.807) is 38.4 Å². The Morgan fingerprint density at radius 1 is 0.971 bits per heavy atom. The van der Waals surface area contributed by atoms with Crippen LogP contribution in [0.5, 0.6) is 5.75 Å². The molecule has 8 nitrogen and oxygen atoms in total. The SMILES string of the molecule is CN=C(NCCCCN1C(=O)c2ccccc2C1=O)N1CCN(c2cccc(OC)c2)CC1.I. The maximum Gasteiger partial charge on any atom is 0.261 e. The number of benzene rings is 2. The third kappa shape index (κ3) is 5.63. The van der Waals surface area contributed by atoms with Gasteiger partial charge in [0.25, 0.3) is 11.8 Å². The van der Waals surface area contributed by atoms with Gasteiger partial charge in [0.2, 0.25) is 0 Å². The average molecular weight is 577 g/mol. The van der Waals surface area contributed by atoms with Crippen molar-refractivity contribution in [3.8, 4) is 5.75 Å². The van der Waals surface area contributed by atoms with E-state index in [2.05, 4.69) is 32.2 Å². The fourth-order valence-corrected chi connectivity index (χ4v) is 4.35. The van der Waals surface area contributed by atoms with Gasteiger partial charge in [-0.05, 0) is 37.1 Å². The van der Waals surface area contributed by atoms with Crippen molar-refractivity contribution < 1.29 is 14.3 Å². The number of fused-ring (bicyclic) bond motifs is 1. The second kappa shape index (κ2) is 12.0. The zero-order chi connectivity index (χ0) is 23.2. The molecule has 0 bridgehead atoms. The minimum absolute atomic E-state index is 0. The van der Waals surface area contributed by atoms with Crippen LogP contribution in [0.15, 0.2) is 53.5 Å². The lowest BCUT2D eigenvalue weighted by molar-refractivity contribution is 0.0652. The van der Waals surface area contributed by atoms with Crippen molar-refractivity contribution in [1.82, 2.24) is 15.1 Å². The minimum atomic E-state index is -0.187. The Hall–Kier alpha value is -2.82. The highest BCUT2D eigenvalue weighted by Gasteiger charge is 2.34. The van der Waals surface area contributed by atoms with Crippen molar-refractivity contribution in [2.75, 3.05) is 58.3 Å². The number of anilines is 1. The van der Waals surface area contributed by atoms with Crippen LogP contribution >= 0.6 is 24.0 Å². The van der Waals surface area contributed by atoms with E-state index in [1.807, 2.05) is 12.1 Å². The molecule has 0 saturated carbocycles. The number of aliphatic imine (C=N–C) groups is 1. The maximum absolute atomic E-state index is 12.4. The normalized spacial score (nSPS) is 15.8. The Bertz CT molecular complexity index is 1000. The molecule has 0 unspecified atom stereocenters. The molecule has 182 valence electrons. The lowest BCUT2D eigenvalue weighted by atomic mass is 10.1. The first-order valence-corrected chi connectivity index (χ1v) is 11.4. The van der Waals surface area contributed by atoms with Crippen molar-refractivity contribution in [2.45, 2.75) is 12.8 Å². The van der Waals surface area contributed by atoms with Crippen LogP contribution in [0, 0.1) is 0 Å². The summed E-state index contributed by atoms with van der Waals surface area (Å²) in [4.78, 5) is 35.3. The maximum atomic E-state index is 12.4. The number of ether oxygens (including phenoxy) is 1. The number of nitrogens with one attached hydrogen (secondary N) is 1. The van der Waals surface area contributed by atoms with Crippen LogP contribution in [-0.2, 0) is 0 Å². The Kier molecular flexibility index (Phi) is 9.14. The number of piperazine rings is 1. The van der Waals surface area contributed by atoms with Crippen LogP contribution < -0.4 is 15.0 Å². The molecule has 0 spiro atoms. The van der Waals surface area contributed by atoms with E-state index >= 15 is 0 Å². The van der Waals surface area contributed by atoms with Gasteiger partial charge in [-0.2, -0.15) is 0 Å². The molecule has 1 fully saturated rings.